The first-order valence-corrected chi connectivity index (χ1v) is 8.94. The lowest BCUT2D eigenvalue weighted by molar-refractivity contribution is -0.127. The smallest absolute Gasteiger partial charge is 0.246 e. The highest BCUT2D eigenvalue weighted by molar-refractivity contribution is 7.10. The summed E-state index contributed by atoms with van der Waals surface area (Å²) in [5, 5.41) is 2.78. The first kappa shape index (κ1) is 16.2. The van der Waals surface area contributed by atoms with Crippen molar-refractivity contribution in [3.05, 3.63) is 63.3 Å². The number of amides is 1. The topological polar surface area (TPSA) is 23.6 Å². The van der Waals surface area contributed by atoms with Crippen LogP contribution in [-0.2, 0) is 11.3 Å². The summed E-state index contributed by atoms with van der Waals surface area (Å²) in [7, 11) is 0. The molecule has 0 spiro atoms. The van der Waals surface area contributed by atoms with E-state index >= 15 is 0 Å². The van der Waals surface area contributed by atoms with E-state index < -0.39 is 0 Å². The van der Waals surface area contributed by atoms with E-state index in [0.717, 1.165) is 42.6 Å². The lowest BCUT2D eigenvalue weighted by Gasteiger charge is -2.34. The number of nitrogens with zero attached hydrogens (tertiary/aromatic N) is 2. The SMILES string of the molecule is O=C(/C=C/c1cccs1)N1CCN(Cc2ccc(Cl)cc2)CC1. The van der Waals surface area contributed by atoms with Crippen LogP contribution >= 0.6 is 22.9 Å². The van der Waals surface area contributed by atoms with Gasteiger partial charge in [-0.2, -0.15) is 0 Å². The maximum absolute atomic E-state index is 12.2. The van der Waals surface area contributed by atoms with Gasteiger partial charge in [-0.15, -0.1) is 11.3 Å². The molecule has 2 aromatic rings. The van der Waals surface area contributed by atoms with Crippen molar-refractivity contribution in [1.82, 2.24) is 9.80 Å². The molecule has 120 valence electrons. The summed E-state index contributed by atoms with van der Waals surface area (Å²) in [4.78, 5) is 17.6. The Kier molecular flexibility index (Phi) is 5.49. The number of hydrogen-bond acceptors (Lipinski definition) is 3. The first-order chi connectivity index (χ1) is 11.2. The van der Waals surface area contributed by atoms with E-state index in [-0.39, 0.29) is 5.91 Å². The summed E-state index contributed by atoms with van der Waals surface area (Å²) in [5.41, 5.74) is 1.26. The average Bonchev–Trinajstić information content (AvgIpc) is 3.09. The van der Waals surface area contributed by atoms with E-state index in [9.17, 15) is 4.79 Å². The highest BCUT2D eigenvalue weighted by Crippen LogP contribution is 2.14. The molecular weight excluding hydrogens is 328 g/mol. The van der Waals surface area contributed by atoms with E-state index in [4.69, 9.17) is 11.6 Å². The molecule has 1 fully saturated rings. The lowest BCUT2D eigenvalue weighted by atomic mass is 10.2. The van der Waals surface area contributed by atoms with Gasteiger partial charge in [0.15, 0.2) is 0 Å². The van der Waals surface area contributed by atoms with Gasteiger partial charge in [0.1, 0.15) is 0 Å². The summed E-state index contributed by atoms with van der Waals surface area (Å²) in [6.07, 6.45) is 3.58. The number of piperazine rings is 1. The van der Waals surface area contributed by atoms with Gasteiger partial charge in [0, 0.05) is 48.7 Å². The highest BCUT2D eigenvalue weighted by Gasteiger charge is 2.19. The Labute approximate surface area is 145 Å². The van der Waals surface area contributed by atoms with Gasteiger partial charge < -0.3 is 4.90 Å². The van der Waals surface area contributed by atoms with Crippen molar-refractivity contribution in [1.29, 1.82) is 0 Å². The minimum atomic E-state index is 0.101. The number of hydrogen-bond donors (Lipinski definition) is 0. The molecule has 1 aliphatic rings. The number of halogens is 1. The molecule has 0 N–H and O–H groups in total. The molecule has 0 radical (unpaired) electrons. The zero-order chi connectivity index (χ0) is 16.1. The van der Waals surface area contributed by atoms with Crippen LogP contribution in [0.1, 0.15) is 10.4 Å². The van der Waals surface area contributed by atoms with E-state index in [0.29, 0.717) is 0 Å². The fourth-order valence-corrected chi connectivity index (χ4v) is 3.36. The van der Waals surface area contributed by atoms with Crippen LogP contribution in [-0.4, -0.2) is 41.9 Å². The molecule has 1 aromatic carbocycles. The molecular formula is C18H19ClN2OS. The fourth-order valence-electron chi connectivity index (χ4n) is 2.62. The third kappa shape index (κ3) is 4.67. The molecule has 0 aliphatic carbocycles. The van der Waals surface area contributed by atoms with Crippen LogP contribution < -0.4 is 0 Å². The van der Waals surface area contributed by atoms with Gasteiger partial charge in [-0.05, 0) is 35.2 Å². The molecule has 0 unspecified atom stereocenters. The van der Waals surface area contributed by atoms with Crippen LogP contribution in [0.5, 0.6) is 0 Å². The molecule has 1 amide bonds. The Balaban J connectivity index is 1.48. The third-order valence-corrected chi connectivity index (χ3v) is 5.03. The molecule has 0 saturated carbocycles. The second-order valence-electron chi connectivity index (χ2n) is 5.58. The second-order valence-corrected chi connectivity index (χ2v) is 6.99. The Morgan fingerprint density at radius 3 is 2.52 bits per heavy atom. The zero-order valence-corrected chi connectivity index (χ0v) is 14.4. The summed E-state index contributed by atoms with van der Waals surface area (Å²) in [5.74, 6) is 0.101. The Morgan fingerprint density at radius 1 is 1.13 bits per heavy atom. The second kappa shape index (κ2) is 7.77. The average molecular weight is 347 g/mol. The van der Waals surface area contributed by atoms with Crippen LogP contribution in [0.4, 0.5) is 0 Å². The standard InChI is InChI=1S/C18H19ClN2OS/c19-16-5-3-15(4-6-16)14-20-9-11-21(12-10-20)18(22)8-7-17-2-1-13-23-17/h1-8,13H,9-12,14H2/b8-7+. The maximum Gasteiger partial charge on any atom is 0.246 e. The van der Waals surface area contributed by atoms with Gasteiger partial charge in [-0.1, -0.05) is 29.8 Å². The van der Waals surface area contributed by atoms with E-state index in [2.05, 4.69) is 17.0 Å². The van der Waals surface area contributed by atoms with Crippen LogP contribution in [0.3, 0.4) is 0 Å². The summed E-state index contributed by atoms with van der Waals surface area (Å²) in [6, 6.07) is 12.0. The number of thiophene rings is 1. The Bertz CT molecular complexity index is 659. The Morgan fingerprint density at radius 2 is 1.87 bits per heavy atom. The normalized spacial score (nSPS) is 16.1. The summed E-state index contributed by atoms with van der Waals surface area (Å²) >= 11 is 7.55. The first-order valence-electron chi connectivity index (χ1n) is 7.68. The van der Waals surface area contributed by atoms with Crippen molar-refractivity contribution in [2.75, 3.05) is 26.2 Å². The minimum absolute atomic E-state index is 0.101. The summed E-state index contributed by atoms with van der Waals surface area (Å²) in [6.45, 7) is 4.27. The fraction of sp³-hybridized carbons (Fsp3) is 0.278. The molecule has 0 atom stereocenters. The van der Waals surface area contributed by atoms with Crippen LogP contribution in [0.25, 0.3) is 6.08 Å². The van der Waals surface area contributed by atoms with Gasteiger partial charge in [0.25, 0.3) is 0 Å². The third-order valence-electron chi connectivity index (χ3n) is 3.94. The predicted octanol–water partition coefficient (Wildman–Crippen LogP) is 3.76. The monoisotopic (exact) mass is 346 g/mol. The van der Waals surface area contributed by atoms with Crippen molar-refractivity contribution in [3.63, 3.8) is 0 Å². The quantitative estimate of drug-likeness (QED) is 0.787. The highest BCUT2D eigenvalue weighted by atomic mass is 35.5. The minimum Gasteiger partial charge on any atom is -0.337 e. The number of rotatable bonds is 4. The predicted molar refractivity (Wildman–Crippen MR) is 96.7 cm³/mol. The molecule has 3 rings (SSSR count). The molecule has 3 nitrogen and oxygen atoms in total. The van der Waals surface area contributed by atoms with Gasteiger partial charge in [0.2, 0.25) is 5.91 Å². The Hall–Kier alpha value is -1.62. The number of carbonyl (C=O) groups excluding carboxylic acids is 1. The van der Waals surface area contributed by atoms with Gasteiger partial charge >= 0.3 is 0 Å². The molecule has 1 saturated heterocycles. The van der Waals surface area contributed by atoms with Crippen molar-refractivity contribution < 1.29 is 4.79 Å². The zero-order valence-electron chi connectivity index (χ0n) is 12.8. The van der Waals surface area contributed by atoms with E-state index in [1.54, 1.807) is 17.4 Å². The molecule has 2 heterocycles. The van der Waals surface area contributed by atoms with Gasteiger partial charge in [0.05, 0.1) is 0 Å². The molecule has 23 heavy (non-hydrogen) atoms. The maximum atomic E-state index is 12.2. The van der Waals surface area contributed by atoms with E-state index in [1.165, 1.54) is 5.56 Å². The molecule has 0 bridgehead atoms. The van der Waals surface area contributed by atoms with Crippen molar-refractivity contribution in [2.45, 2.75) is 6.54 Å². The van der Waals surface area contributed by atoms with Crippen LogP contribution in [0, 0.1) is 0 Å². The lowest BCUT2D eigenvalue weighted by Crippen LogP contribution is -2.47. The molecule has 5 heteroatoms. The molecule has 1 aliphatic heterocycles. The van der Waals surface area contributed by atoms with Crippen LogP contribution in [0.2, 0.25) is 5.02 Å². The summed E-state index contributed by atoms with van der Waals surface area (Å²) < 4.78 is 0. The van der Waals surface area contributed by atoms with Gasteiger partial charge in [-0.25, -0.2) is 0 Å². The number of carbonyl (C=O) groups is 1. The van der Waals surface area contributed by atoms with E-state index in [1.807, 2.05) is 40.6 Å². The molecule has 1 aromatic heterocycles. The van der Waals surface area contributed by atoms with Crippen molar-refractivity contribution in [3.8, 4) is 0 Å². The van der Waals surface area contributed by atoms with Crippen molar-refractivity contribution >= 4 is 34.9 Å². The van der Waals surface area contributed by atoms with Crippen LogP contribution in [0.15, 0.2) is 47.9 Å². The van der Waals surface area contributed by atoms with Crippen molar-refractivity contribution in [2.24, 2.45) is 0 Å². The number of benzene rings is 1. The van der Waals surface area contributed by atoms with Gasteiger partial charge in [-0.3, -0.25) is 9.69 Å². The largest absolute Gasteiger partial charge is 0.337 e.